The molecular weight excluding hydrogens is 102 g/mol. The van der Waals surface area contributed by atoms with E-state index in [1.165, 1.54) is 0 Å². The van der Waals surface area contributed by atoms with Crippen LogP contribution in [0.2, 0.25) is 0 Å². The number of nitrogens with zero attached hydrogens (tertiary/aromatic N) is 1. The highest BCUT2D eigenvalue weighted by molar-refractivity contribution is 5.96. The van der Waals surface area contributed by atoms with Crippen LogP contribution in [0.15, 0.2) is 0 Å². The first-order valence-corrected chi connectivity index (χ1v) is 2.13. The number of hydrogen-bond donors (Lipinski definition) is 0. The van der Waals surface area contributed by atoms with Gasteiger partial charge in [0, 0.05) is 0 Å². The SMILES string of the molecule is CC#CC(=O)CC#N. The highest BCUT2D eigenvalue weighted by Crippen LogP contribution is 1.74. The Morgan fingerprint density at radius 3 is 2.75 bits per heavy atom. The minimum absolute atomic E-state index is 0.0964. The number of hydrogen-bond acceptors (Lipinski definition) is 2. The Hall–Kier alpha value is -1.28. The molecule has 0 aromatic heterocycles. The van der Waals surface area contributed by atoms with Crippen molar-refractivity contribution in [1.82, 2.24) is 0 Å². The fourth-order valence-electron chi connectivity index (χ4n) is 0.255. The largest absolute Gasteiger partial charge is 0.284 e. The van der Waals surface area contributed by atoms with Crippen molar-refractivity contribution in [2.45, 2.75) is 13.3 Å². The van der Waals surface area contributed by atoms with Crippen molar-refractivity contribution < 1.29 is 4.79 Å². The molecular formula is C6H5NO. The van der Waals surface area contributed by atoms with Crippen LogP contribution in [0.3, 0.4) is 0 Å². The van der Waals surface area contributed by atoms with E-state index < -0.39 is 0 Å². The molecule has 2 nitrogen and oxygen atoms in total. The summed E-state index contributed by atoms with van der Waals surface area (Å²) in [5, 5.41) is 7.92. The van der Waals surface area contributed by atoms with Crippen molar-refractivity contribution >= 4 is 5.78 Å². The molecule has 0 saturated heterocycles. The van der Waals surface area contributed by atoms with E-state index in [0.29, 0.717) is 0 Å². The Kier molecular flexibility index (Phi) is 3.27. The van der Waals surface area contributed by atoms with Crippen LogP contribution in [0.1, 0.15) is 13.3 Å². The lowest BCUT2D eigenvalue weighted by Gasteiger charge is -1.71. The van der Waals surface area contributed by atoms with Gasteiger partial charge < -0.3 is 0 Å². The smallest absolute Gasteiger partial charge is 0.219 e. The molecule has 0 aromatic carbocycles. The Bertz CT molecular complexity index is 177. The Morgan fingerprint density at radius 2 is 2.38 bits per heavy atom. The average Bonchev–Trinajstić information content (AvgIpc) is 1.68. The summed E-state index contributed by atoms with van der Waals surface area (Å²) in [6.07, 6.45) is -0.0964. The molecule has 0 spiro atoms. The normalized spacial score (nSPS) is 6.00. The number of carbonyl (C=O) groups excluding carboxylic acids is 1. The van der Waals surface area contributed by atoms with Crippen LogP contribution in [-0.4, -0.2) is 5.78 Å². The third-order valence-corrected chi connectivity index (χ3v) is 0.504. The zero-order valence-corrected chi connectivity index (χ0v) is 4.56. The predicted octanol–water partition coefficient (Wildman–Crippen LogP) is 0.492. The number of ketones is 1. The van der Waals surface area contributed by atoms with Crippen LogP contribution in [0.25, 0.3) is 0 Å². The van der Waals surface area contributed by atoms with Crippen molar-refractivity contribution in [3.8, 4) is 17.9 Å². The van der Waals surface area contributed by atoms with Gasteiger partial charge in [0.15, 0.2) is 0 Å². The molecule has 0 unspecified atom stereocenters. The second-order valence-electron chi connectivity index (χ2n) is 1.13. The van der Waals surface area contributed by atoms with E-state index in [2.05, 4.69) is 11.8 Å². The minimum atomic E-state index is -0.310. The topological polar surface area (TPSA) is 40.9 Å². The van der Waals surface area contributed by atoms with Crippen molar-refractivity contribution in [3.63, 3.8) is 0 Å². The molecule has 2 heteroatoms. The maximum absolute atomic E-state index is 10.2. The summed E-state index contributed by atoms with van der Waals surface area (Å²) in [7, 11) is 0. The van der Waals surface area contributed by atoms with Gasteiger partial charge in [0.05, 0.1) is 6.07 Å². The first kappa shape index (κ1) is 6.72. The van der Waals surface area contributed by atoms with Gasteiger partial charge in [-0.05, 0) is 12.8 Å². The van der Waals surface area contributed by atoms with E-state index in [1.54, 1.807) is 13.0 Å². The Morgan fingerprint density at radius 1 is 1.75 bits per heavy atom. The van der Waals surface area contributed by atoms with Crippen LogP contribution < -0.4 is 0 Å². The van der Waals surface area contributed by atoms with Crippen molar-refractivity contribution in [2.24, 2.45) is 0 Å². The molecule has 0 aromatic rings. The lowest BCUT2D eigenvalue weighted by molar-refractivity contribution is -0.112. The number of rotatable bonds is 1. The van der Waals surface area contributed by atoms with Gasteiger partial charge in [0.1, 0.15) is 6.42 Å². The van der Waals surface area contributed by atoms with Gasteiger partial charge in [-0.15, -0.1) is 0 Å². The standard InChI is InChI=1S/C6H5NO/c1-2-3-6(8)4-5-7/h4H2,1H3. The fourth-order valence-corrected chi connectivity index (χ4v) is 0.255. The monoisotopic (exact) mass is 107 g/mol. The van der Waals surface area contributed by atoms with Crippen molar-refractivity contribution in [2.75, 3.05) is 0 Å². The molecule has 0 saturated carbocycles. The maximum Gasteiger partial charge on any atom is 0.219 e. The predicted molar refractivity (Wildman–Crippen MR) is 28.7 cm³/mol. The summed E-state index contributed by atoms with van der Waals surface area (Å²) in [5.74, 6) is 4.33. The second kappa shape index (κ2) is 3.89. The van der Waals surface area contributed by atoms with E-state index in [9.17, 15) is 4.79 Å². The zero-order chi connectivity index (χ0) is 6.41. The number of nitriles is 1. The van der Waals surface area contributed by atoms with E-state index in [0.717, 1.165) is 0 Å². The van der Waals surface area contributed by atoms with Crippen LogP contribution in [0.4, 0.5) is 0 Å². The molecule has 0 fully saturated rings. The lowest BCUT2D eigenvalue weighted by atomic mass is 10.3. The molecule has 0 aliphatic rings. The Balaban J connectivity index is 3.65. The zero-order valence-electron chi connectivity index (χ0n) is 4.56. The highest BCUT2D eigenvalue weighted by Gasteiger charge is 1.89. The molecule has 0 atom stereocenters. The van der Waals surface area contributed by atoms with Crippen LogP contribution in [-0.2, 0) is 4.79 Å². The van der Waals surface area contributed by atoms with E-state index in [1.807, 2.05) is 0 Å². The summed E-state index contributed by atoms with van der Waals surface area (Å²) >= 11 is 0. The van der Waals surface area contributed by atoms with Crippen molar-refractivity contribution in [1.29, 1.82) is 5.26 Å². The van der Waals surface area contributed by atoms with Gasteiger partial charge in [-0.2, -0.15) is 5.26 Å². The number of Topliss-reactive ketones (excluding diaryl/α,β-unsaturated/α-hetero) is 1. The van der Waals surface area contributed by atoms with Gasteiger partial charge in [-0.25, -0.2) is 0 Å². The molecule has 0 radical (unpaired) electrons. The van der Waals surface area contributed by atoms with E-state index in [4.69, 9.17) is 5.26 Å². The summed E-state index contributed by atoms with van der Waals surface area (Å²) in [6, 6.07) is 1.70. The van der Waals surface area contributed by atoms with E-state index in [-0.39, 0.29) is 12.2 Å². The summed E-state index contributed by atoms with van der Waals surface area (Å²) in [5.41, 5.74) is 0. The first-order valence-electron chi connectivity index (χ1n) is 2.13. The van der Waals surface area contributed by atoms with Gasteiger partial charge in [0.2, 0.25) is 5.78 Å². The van der Waals surface area contributed by atoms with Gasteiger partial charge in [0.25, 0.3) is 0 Å². The van der Waals surface area contributed by atoms with Crippen LogP contribution >= 0.6 is 0 Å². The van der Waals surface area contributed by atoms with Crippen LogP contribution in [0.5, 0.6) is 0 Å². The molecule has 0 N–H and O–H groups in total. The average molecular weight is 107 g/mol. The summed E-state index contributed by atoms with van der Waals surface area (Å²) in [6.45, 7) is 1.56. The third-order valence-electron chi connectivity index (χ3n) is 0.504. The molecule has 0 rings (SSSR count). The van der Waals surface area contributed by atoms with E-state index >= 15 is 0 Å². The quantitative estimate of drug-likeness (QED) is 0.361. The third kappa shape index (κ3) is 2.93. The first-order chi connectivity index (χ1) is 3.81. The minimum Gasteiger partial charge on any atom is -0.284 e. The molecule has 0 heterocycles. The van der Waals surface area contributed by atoms with Gasteiger partial charge in [-0.1, -0.05) is 5.92 Å². The van der Waals surface area contributed by atoms with Crippen LogP contribution in [0, 0.1) is 23.2 Å². The van der Waals surface area contributed by atoms with Gasteiger partial charge >= 0.3 is 0 Å². The summed E-state index contributed by atoms with van der Waals surface area (Å²) < 4.78 is 0. The fraction of sp³-hybridized carbons (Fsp3) is 0.333. The number of carbonyl (C=O) groups is 1. The second-order valence-corrected chi connectivity index (χ2v) is 1.13. The van der Waals surface area contributed by atoms with Crippen molar-refractivity contribution in [3.05, 3.63) is 0 Å². The molecule has 40 valence electrons. The molecule has 0 amide bonds. The molecule has 0 bridgehead atoms. The molecule has 0 aliphatic heterocycles. The highest BCUT2D eigenvalue weighted by atomic mass is 16.1. The van der Waals surface area contributed by atoms with Gasteiger partial charge in [-0.3, -0.25) is 4.79 Å². The molecule has 8 heavy (non-hydrogen) atoms. The molecule has 0 aliphatic carbocycles. The lowest BCUT2D eigenvalue weighted by Crippen LogP contribution is -1.88. The summed E-state index contributed by atoms with van der Waals surface area (Å²) in [4.78, 5) is 10.2. The Labute approximate surface area is 48.1 Å². The maximum atomic E-state index is 10.2.